The second-order valence-electron chi connectivity index (χ2n) is 9.07. The van der Waals surface area contributed by atoms with Gasteiger partial charge < -0.3 is 19.3 Å². The Labute approximate surface area is 210 Å². The van der Waals surface area contributed by atoms with Crippen molar-refractivity contribution in [3.63, 3.8) is 0 Å². The fraction of sp³-hybridized carbons (Fsp3) is 0.385. The number of likely N-dealkylation sites (tertiary alicyclic amines) is 1. The molecule has 1 aliphatic rings. The highest BCUT2D eigenvalue weighted by molar-refractivity contribution is 7.86. The van der Waals surface area contributed by atoms with Gasteiger partial charge in [0.2, 0.25) is 0 Å². The van der Waals surface area contributed by atoms with Gasteiger partial charge in [0.1, 0.15) is 36.2 Å². The van der Waals surface area contributed by atoms with Crippen LogP contribution in [-0.2, 0) is 16.6 Å². The first-order valence-corrected chi connectivity index (χ1v) is 13.1. The molecule has 0 radical (unpaired) electrons. The van der Waals surface area contributed by atoms with E-state index in [1.807, 2.05) is 32.0 Å². The number of fused-ring (bicyclic) bond motifs is 1. The van der Waals surface area contributed by atoms with Gasteiger partial charge >= 0.3 is 16.1 Å². The lowest BCUT2D eigenvalue weighted by Gasteiger charge is -2.31. The number of carbonyl (C=O) groups is 1. The molecule has 2 atom stereocenters. The summed E-state index contributed by atoms with van der Waals surface area (Å²) in [5.41, 5.74) is 2.96. The Morgan fingerprint density at radius 2 is 1.89 bits per heavy atom. The maximum Gasteiger partial charge on any atom is 0.529 e. The summed E-state index contributed by atoms with van der Waals surface area (Å²) in [5, 5.41) is 11.0. The Hall–Kier alpha value is -3.37. The number of carboxylic acid groups (broad SMARTS) is 1. The van der Waals surface area contributed by atoms with Crippen LogP contribution >= 0.6 is 0 Å². The average Bonchev–Trinajstić information content (AvgIpc) is 3.25. The molecule has 1 N–H and O–H groups in total. The van der Waals surface area contributed by atoms with Crippen LogP contribution in [0.2, 0.25) is 0 Å². The molecule has 3 aromatic rings. The number of aryl methyl sites for hydroxylation is 2. The quantitative estimate of drug-likeness (QED) is 0.446. The van der Waals surface area contributed by atoms with Crippen molar-refractivity contribution in [3.05, 3.63) is 53.2 Å². The molecule has 1 unspecified atom stereocenters. The lowest BCUT2D eigenvalue weighted by Crippen LogP contribution is -2.58. The third kappa shape index (κ3) is 3.94. The van der Waals surface area contributed by atoms with Gasteiger partial charge in [0.25, 0.3) is 0 Å². The highest BCUT2D eigenvalue weighted by Gasteiger charge is 2.58. The van der Waals surface area contributed by atoms with E-state index in [0.29, 0.717) is 35.4 Å². The Balaban J connectivity index is 1.82. The Morgan fingerprint density at radius 1 is 1.14 bits per heavy atom. The zero-order chi connectivity index (χ0) is 26.3. The molecule has 4 rings (SSSR count). The molecule has 1 aliphatic heterocycles. The van der Waals surface area contributed by atoms with Crippen molar-refractivity contribution in [2.24, 2.45) is 0 Å². The Kier molecular flexibility index (Phi) is 6.85. The van der Waals surface area contributed by atoms with Crippen LogP contribution in [0.5, 0.6) is 17.2 Å². The zero-order valence-electron chi connectivity index (χ0n) is 21.1. The van der Waals surface area contributed by atoms with E-state index in [-0.39, 0.29) is 23.8 Å². The number of quaternary nitrogens is 1. The van der Waals surface area contributed by atoms with Crippen LogP contribution in [0.4, 0.5) is 4.79 Å². The molecule has 36 heavy (non-hydrogen) atoms. The van der Waals surface area contributed by atoms with Gasteiger partial charge in [-0.1, -0.05) is 12.1 Å². The normalized spacial score (nSPS) is 19.9. The van der Waals surface area contributed by atoms with E-state index in [1.54, 1.807) is 13.0 Å². The number of ether oxygens (including phenoxy) is 3. The number of benzene rings is 2. The van der Waals surface area contributed by atoms with Gasteiger partial charge in [-0.25, -0.2) is 4.98 Å². The molecule has 1 amide bonds. The summed E-state index contributed by atoms with van der Waals surface area (Å²) in [5.74, 6) is 0.898. The van der Waals surface area contributed by atoms with Gasteiger partial charge in [0.05, 0.1) is 19.8 Å². The number of para-hydroxylation sites is 1. The molecule has 1 aromatic heterocycles. The molecule has 2 aromatic carbocycles. The topological polar surface area (TPSA) is 112 Å². The summed E-state index contributed by atoms with van der Waals surface area (Å²) in [4.78, 5) is 16.8. The minimum absolute atomic E-state index is 0.00718. The number of pyridine rings is 1. The van der Waals surface area contributed by atoms with Crippen molar-refractivity contribution in [1.29, 1.82) is 0 Å². The molecule has 0 spiro atoms. The van der Waals surface area contributed by atoms with Crippen LogP contribution in [-0.4, -0.2) is 55.3 Å². The maximum atomic E-state index is 13.9. The molecule has 0 aliphatic carbocycles. The number of rotatable bonds is 7. The number of sulfonamides is 1. The van der Waals surface area contributed by atoms with Gasteiger partial charge in [-0.2, -0.15) is 13.2 Å². The highest BCUT2D eigenvalue weighted by Crippen LogP contribution is 2.43. The number of aromatic nitrogens is 1. The summed E-state index contributed by atoms with van der Waals surface area (Å²) in [6, 6.07) is 9.86. The van der Waals surface area contributed by atoms with E-state index in [9.17, 15) is 18.3 Å². The highest BCUT2D eigenvalue weighted by atomic mass is 32.2. The average molecular weight is 516 g/mol. The lowest BCUT2D eigenvalue weighted by atomic mass is 10.1. The second kappa shape index (κ2) is 9.59. The van der Waals surface area contributed by atoms with Crippen LogP contribution in [0.1, 0.15) is 36.6 Å². The molecule has 0 saturated carbocycles. The van der Waals surface area contributed by atoms with Crippen LogP contribution in [0.3, 0.4) is 0 Å². The second-order valence-corrected chi connectivity index (χ2v) is 11.1. The van der Waals surface area contributed by atoms with Crippen molar-refractivity contribution < 1.29 is 36.4 Å². The van der Waals surface area contributed by atoms with E-state index in [0.717, 1.165) is 16.6 Å². The molecule has 10 heteroatoms. The SMILES string of the molecule is COc1ccc(S(=O)(=O)[N+]2(C(=O)O)CCC[C@H]2C)c(OC)c1COc1cccc2c(C)cc(C)nc12. The van der Waals surface area contributed by atoms with Crippen molar-refractivity contribution in [3.8, 4) is 17.2 Å². The zero-order valence-corrected chi connectivity index (χ0v) is 21.9. The van der Waals surface area contributed by atoms with Gasteiger partial charge in [-0.05, 0) is 50.6 Å². The predicted molar refractivity (Wildman–Crippen MR) is 134 cm³/mol. The number of hydrogen-bond acceptors (Lipinski definition) is 7. The summed E-state index contributed by atoms with van der Waals surface area (Å²) in [7, 11) is -1.56. The first-order chi connectivity index (χ1) is 17.1. The molecule has 192 valence electrons. The van der Waals surface area contributed by atoms with Gasteiger partial charge in [0.15, 0.2) is 10.6 Å². The number of hydrogen-bond donors (Lipinski definition) is 1. The van der Waals surface area contributed by atoms with E-state index >= 15 is 0 Å². The number of methoxy groups -OCH3 is 2. The van der Waals surface area contributed by atoms with Crippen LogP contribution in [0.25, 0.3) is 10.9 Å². The molecule has 1 saturated heterocycles. The Bertz CT molecular complexity index is 1440. The van der Waals surface area contributed by atoms with Gasteiger partial charge in [-0.3, -0.25) is 0 Å². The smallest absolute Gasteiger partial charge is 0.496 e. The Morgan fingerprint density at radius 3 is 2.50 bits per heavy atom. The minimum Gasteiger partial charge on any atom is -0.496 e. The number of amides is 1. The van der Waals surface area contributed by atoms with Crippen molar-refractivity contribution in [1.82, 2.24) is 4.98 Å². The molecule has 9 nitrogen and oxygen atoms in total. The van der Waals surface area contributed by atoms with E-state index in [1.165, 1.54) is 26.4 Å². The first-order valence-electron chi connectivity index (χ1n) is 11.7. The fourth-order valence-electron chi connectivity index (χ4n) is 5.14. The van der Waals surface area contributed by atoms with Crippen molar-refractivity contribution in [2.45, 2.75) is 51.2 Å². The van der Waals surface area contributed by atoms with Crippen molar-refractivity contribution >= 4 is 27.0 Å². The van der Waals surface area contributed by atoms with E-state index < -0.39 is 26.0 Å². The standard InChI is InChI=1S/C26H30N2O7S/c1-16-14-17(2)27-24-19(16)9-6-10-22(24)35-15-20-21(33-4)11-12-23(25(20)34-5)36(31,32)28(26(29)30)13-7-8-18(28)3/h6,9-12,14,18H,7-8,13,15H2,1-5H3/p+1/t18-,28?/m1/s1. The summed E-state index contributed by atoms with van der Waals surface area (Å²) >= 11 is 0. The van der Waals surface area contributed by atoms with Crippen molar-refractivity contribution in [2.75, 3.05) is 20.8 Å². The summed E-state index contributed by atoms with van der Waals surface area (Å²) < 4.78 is 43.9. The molecule has 2 heterocycles. The van der Waals surface area contributed by atoms with Crippen LogP contribution < -0.4 is 14.2 Å². The van der Waals surface area contributed by atoms with Crippen LogP contribution in [0, 0.1) is 13.8 Å². The van der Waals surface area contributed by atoms with Gasteiger partial charge in [-0.15, -0.1) is 3.89 Å². The number of nitrogens with zero attached hydrogens (tertiary/aromatic N) is 2. The fourth-order valence-corrected chi connectivity index (χ4v) is 7.32. The van der Waals surface area contributed by atoms with E-state index in [4.69, 9.17) is 14.2 Å². The monoisotopic (exact) mass is 515 g/mol. The lowest BCUT2D eigenvalue weighted by molar-refractivity contribution is -0.741. The maximum absolute atomic E-state index is 13.9. The van der Waals surface area contributed by atoms with E-state index in [2.05, 4.69) is 4.98 Å². The third-order valence-electron chi connectivity index (χ3n) is 6.97. The third-order valence-corrected chi connectivity index (χ3v) is 9.40. The molecular formula is C26H31N2O7S+. The summed E-state index contributed by atoms with van der Waals surface area (Å²) in [6.07, 6.45) is -0.413. The van der Waals surface area contributed by atoms with Gasteiger partial charge in [0, 0.05) is 23.9 Å². The first kappa shape index (κ1) is 25.7. The summed E-state index contributed by atoms with van der Waals surface area (Å²) in [6.45, 7) is 5.47. The van der Waals surface area contributed by atoms with Crippen LogP contribution in [0.15, 0.2) is 41.3 Å². The molecular weight excluding hydrogens is 484 g/mol. The predicted octanol–water partition coefficient (Wildman–Crippen LogP) is 4.81. The largest absolute Gasteiger partial charge is 0.529 e. The molecule has 1 fully saturated rings. The molecule has 0 bridgehead atoms. The minimum atomic E-state index is -4.38.